The van der Waals surface area contributed by atoms with Crippen LogP contribution in [0, 0.1) is 5.92 Å². The van der Waals surface area contributed by atoms with Gasteiger partial charge in [0.1, 0.15) is 41.6 Å². The third-order valence-electron chi connectivity index (χ3n) is 7.62. The van der Waals surface area contributed by atoms with E-state index in [2.05, 4.69) is 22.8 Å². The van der Waals surface area contributed by atoms with E-state index in [1.807, 2.05) is 12.1 Å². The van der Waals surface area contributed by atoms with Crippen LogP contribution in [0.1, 0.15) is 31.2 Å². The second kappa shape index (κ2) is 12.2. The highest BCUT2D eigenvalue weighted by Gasteiger charge is 2.49. The molecule has 202 valence electrons. The van der Waals surface area contributed by atoms with Crippen molar-refractivity contribution in [1.82, 2.24) is 10.6 Å². The molecular formula is C25H37ClN2O7S. The van der Waals surface area contributed by atoms with Gasteiger partial charge in [-0.15, -0.1) is 23.4 Å². The Morgan fingerprint density at radius 3 is 2.58 bits per heavy atom. The maximum atomic E-state index is 13.4. The number of ether oxygens (including phenoxy) is 3. The molecule has 0 aromatic heterocycles. The molecule has 1 amide bonds. The molecule has 5 N–H and O–H groups in total. The van der Waals surface area contributed by atoms with E-state index in [1.54, 1.807) is 20.3 Å². The molecule has 0 spiro atoms. The summed E-state index contributed by atoms with van der Waals surface area (Å²) in [6, 6.07) is 6.75. The molecule has 36 heavy (non-hydrogen) atoms. The zero-order valence-corrected chi connectivity index (χ0v) is 22.3. The standard InChI is InChI=1S/C25H37ClN2O7S/c1-12(26)17(23-20(30)19(29)21(31)25(35-23)36-3)28-24(32)18-22-15(11-27-18)10-14(8-9-34-22)13-4-6-16(33-2)7-5-13/h4-7,12,14-15,17-23,25,27,29-31H,8-11H2,1-3H3,(H,28,32)/t12-,14-,15-,17+,18-,19?,20?,21+,22+,23+,25?/m0/s1. The van der Waals surface area contributed by atoms with Crippen molar-refractivity contribution in [2.24, 2.45) is 5.92 Å². The third-order valence-corrected chi connectivity index (χ3v) is 8.75. The van der Waals surface area contributed by atoms with Crippen LogP contribution in [-0.2, 0) is 14.3 Å². The van der Waals surface area contributed by atoms with Gasteiger partial charge in [-0.1, -0.05) is 12.1 Å². The minimum atomic E-state index is -1.41. The van der Waals surface area contributed by atoms with Gasteiger partial charge in [-0.05, 0) is 49.6 Å². The number of carbonyl (C=O) groups excluding carboxylic acids is 1. The quantitative estimate of drug-likeness (QED) is 0.317. The van der Waals surface area contributed by atoms with E-state index in [9.17, 15) is 20.1 Å². The average Bonchev–Trinajstić information content (AvgIpc) is 3.16. The lowest BCUT2D eigenvalue weighted by atomic mass is 9.85. The molecule has 3 heterocycles. The Hall–Kier alpha value is -1.11. The van der Waals surface area contributed by atoms with Gasteiger partial charge in [0.2, 0.25) is 5.91 Å². The molecule has 0 bridgehead atoms. The van der Waals surface area contributed by atoms with Crippen LogP contribution in [0.3, 0.4) is 0 Å². The van der Waals surface area contributed by atoms with Gasteiger partial charge in [0.15, 0.2) is 0 Å². The molecule has 3 unspecified atom stereocenters. The molecule has 3 saturated heterocycles. The molecule has 4 rings (SSSR count). The Morgan fingerprint density at radius 2 is 1.94 bits per heavy atom. The molecule has 9 nitrogen and oxygen atoms in total. The fourth-order valence-corrected chi connectivity index (χ4v) is 6.45. The van der Waals surface area contributed by atoms with Crippen molar-refractivity contribution in [2.75, 3.05) is 26.5 Å². The maximum absolute atomic E-state index is 13.4. The molecule has 1 aromatic rings. The van der Waals surface area contributed by atoms with Crippen molar-refractivity contribution < 1.29 is 34.3 Å². The van der Waals surface area contributed by atoms with E-state index in [0.717, 1.165) is 18.6 Å². The summed E-state index contributed by atoms with van der Waals surface area (Å²) in [5, 5.41) is 36.8. The summed E-state index contributed by atoms with van der Waals surface area (Å²) < 4.78 is 17.3. The molecule has 11 heteroatoms. The first kappa shape index (κ1) is 27.9. The van der Waals surface area contributed by atoms with Crippen molar-refractivity contribution in [3.63, 3.8) is 0 Å². The molecule has 0 saturated carbocycles. The number of aliphatic hydroxyl groups is 3. The Bertz CT molecular complexity index is 876. The van der Waals surface area contributed by atoms with Gasteiger partial charge in [-0.3, -0.25) is 4.79 Å². The highest BCUT2D eigenvalue weighted by Crippen LogP contribution is 2.37. The fourth-order valence-electron chi connectivity index (χ4n) is 5.56. The van der Waals surface area contributed by atoms with Crippen LogP contribution < -0.4 is 15.4 Å². The first-order chi connectivity index (χ1) is 17.2. The molecule has 3 fully saturated rings. The maximum Gasteiger partial charge on any atom is 0.240 e. The van der Waals surface area contributed by atoms with E-state index < -0.39 is 47.3 Å². The lowest BCUT2D eigenvalue weighted by molar-refractivity contribution is -0.205. The average molecular weight is 545 g/mol. The third kappa shape index (κ3) is 5.81. The van der Waals surface area contributed by atoms with E-state index in [1.165, 1.54) is 17.3 Å². The normalized spacial score (nSPS) is 38.5. The van der Waals surface area contributed by atoms with Gasteiger partial charge in [-0.25, -0.2) is 0 Å². The van der Waals surface area contributed by atoms with Gasteiger partial charge in [-0.2, -0.15) is 0 Å². The number of thioether (sulfide) groups is 1. The predicted molar refractivity (Wildman–Crippen MR) is 137 cm³/mol. The first-order valence-corrected chi connectivity index (χ1v) is 14.1. The molecule has 3 aliphatic heterocycles. The number of carbonyl (C=O) groups is 1. The van der Waals surface area contributed by atoms with Crippen molar-refractivity contribution >= 4 is 29.3 Å². The summed E-state index contributed by atoms with van der Waals surface area (Å²) in [5.74, 6) is 1.02. The predicted octanol–water partition coefficient (Wildman–Crippen LogP) is 0.829. The van der Waals surface area contributed by atoms with Gasteiger partial charge in [0.05, 0.1) is 24.6 Å². The molecular weight excluding hydrogens is 508 g/mol. The van der Waals surface area contributed by atoms with Gasteiger partial charge in [0, 0.05) is 19.1 Å². The van der Waals surface area contributed by atoms with E-state index in [0.29, 0.717) is 19.1 Å². The smallest absolute Gasteiger partial charge is 0.240 e. The lowest BCUT2D eigenvalue weighted by Crippen LogP contribution is -2.65. The number of halogens is 1. The van der Waals surface area contributed by atoms with Crippen molar-refractivity contribution in [1.29, 1.82) is 0 Å². The van der Waals surface area contributed by atoms with Crippen molar-refractivity contribution in [3.8, 4) is 5.75 Å². The minimum Gasteiger partial charge on any atom is -0.497 e. The first-order valence-electron chi connectivity index (χ1n) is 12.4. The fraction of sp³-hybridized carbons (Fsp3) is 0.720. The summed E-state index contributed by atoms with van der Waals surface area (Å²) in [5.41, 5.74) is 0.480. The van der Waals surface area contributed by atoms with Crippen LogP contribution in [0.15, 0.2) is 24.3 Å². The van der Waals surface area contributed by atoms with E-state index in [4.69, 9.17) is 25.8 Å². The van der Waals surface area contributed by atoms with Gasteiger partial charge < -0.3 is 40.2 Å². The Labute approximate surface area is 221 Å². The molecule has 11 atom stereocenters. The zero-order chi connectivity index (χ0) is 26.0. The van der Waals surface area contributed by atoms with E-state index >= 15 is 0 Å². The van der Waals surface area contributed by atoms with Crippen LogP contribution in [0.25, 0.3) is 0 Å². The Balaban J connectivity index is 1.43. The molecule has 0 radical (unpaired) electrons. The van der Waals surface area contributed by atoms with E-state index in [-0.39, 0.29) is 17.9 Å². The molecule has 0 aliphatic carbocycles. The summed E-state index contributed by atoms with van der Waals surface area (Å²) in [6.07, 6.45) is -1.84. The second-order valence-electron chi connectivity index (χ2n) is 9.86. The number of nitrogens with one attached hydrogen (secondary N) is 2. The largest absolute Gasteiger partial charge is 0.497 e. The number of fused-ring (bicyclic) bond motifs is 1. The molecule has 3 aliphatic rings. The number of hydrogen-bond donors (Lipinski definition) is 5. The number of amides is 1. The van der Waals surface area contributed by atoms with Crippen LogP contribution in [0.4, 0.5) is 0 Å². The van der Waals surface area contributed by atoms with Crippen LogP contribution in [0.2, 0.25) is 0 Å². The molecule has 1 aromatic carbocycles. The highest BCUT2D eigenvalue weighted by molar-refractivity contribution is 7.99. The monoisotopic (exact) mass is 544 g/mol. The SMILES string of the molecule is COc1ccc([C@H]2CCO[C@@H]3[C@H](CN[C@@H]3C(=O)N[C@H]([C@H](C)Cl)[C@H]3OC(SC)[C@H](O)C(O)C3O)C2)cc1. The van der Waals surface area contributed by atoms with Gasteiger partial charge >= 0.3 is 0 Å². The van der Waals surface area contributed by atoms with Crippen molar-refractivity contribution in [3.05, 3.63) is 29.8 Å². The second-order valence-corrected chi connectivity index (χ2v) is 11.5. The number of hydrogen-bond acceptors (Lipinski definition) is 9. The lowest BCUT2D eigenvalue weighted by Gasteiger charge is -2.44. The van der Waals surface area contributed by atoms with Crippen LogP contribution in [-0.4, -0.2) is 101 Å². The number of aliphatic hydroxyl groups excluding tert-OH is 3. The number of rotatable bonds is 7. The minimum absolute atomic E-state index is 0.164. The summed E-state index contributed by atoms with van der Waals surface area (Å²) in [7, 11) is 1.65. The van der Waals surface area contributed by atoms with Crippen LogP contribution >= 0.6 is 23.4 Å². The van der Waals surface area contributed by atoms with Crippen LogP contribution in [0.5, 0.6) is 5.75 Å². The number of methoxy groups -OCH3 is 1. The zero-order valence-electron chi connectivity index (χ0n) is 20.7. The topological polar surface area (TPSA) is 130 Å². The number of alkyl halides is 1. The van der Waals surface area contributed by atoms with Gasteiger partial charge in [0.25, 0.3) is 0 Å². The van der Waals surface area contributed by atoms with Crippen molar-refractivity contribution in [2.45, 2.75) is 79.1 Å². The summed E-state index contributed by atoms with van der Waals surface area (Å²) >= 11 is 7.64. The number of benzene rings is 1. The Morgan fingerprint density at radius 1 is 1.22 bits per heavy atom. The summed E-state index contributed by atoms with van der Waals surface area (Å²) in [4.78, 5) is 13.4. The summed E-state index contributed by atoms with van der Waals surface area (Å²) in [6.45, 7) is 2.89. The highest BCUT2D eigenvalue weighted by atomic mass is 35.5. The Kier molecular flexibility index (Phi) is 9.43.